The van der Waals surface area contributed by atoms with Crippen LogP contribution in [-0.4, -0.2) is 21.8 Å². The van der Waals surface area contributed by atoms with Gasteiger partial charge in [0, 0.05) is 47.4 Å². The zero-order valence-corrected chi connectivity index (χ0v) is 23.5. The Hall–Kier alpha value is -3.59. The van der Waals surface area contributed by atoms with Crippen LogP contribution in [-0.2, 0) is 17.5 Å². The van der Waals surface area contributed by atoms with Crippen LogP contribution in [0, 0.1) is 0 Å². The highest BCUT2D eigenvalue weighted by atomic mass is 35.5. The smallest absolute Gasteiger partial charge is 0.417 e. The first kappa shape index (κ1) is 30.4. The van der Waals surface area contributed by atoms with Crippen LogP contribution in [0.15, 0.2) is 72.9 Å². The van der Waals surface area contributed by atoms with Gasteiger partial charge in [-0.2, -0.15) is 13.2 Å². The molecule has 0 saturated carbocycles. The lowest BCUT2D eigenvalue weighted by atomic mass is 9.97. The molecule has 41 heavy (non-hydrogen) atoms. The van der Waals surface area contributed by atoms with Gasteiger partial charge in [-0.05, 0) is 65.6 Å². The summed E-state index contributed by atoms with van der Waals surface area (Å²) in [6.07, 6.45) is -3.37. The molecule has 5 nitrogen and oxygen atoms in total. The van der Waals surface area contributed by atoms with Crippen LogP contribution < -0.4 is 5.32 Å². The van der Waals surface area contributed by atoms with Gasteiger partial charge >= 0.3 is 12.1 Å². The number of alkyl halides is 3. The maximum absolute atomic E-state index is 13.7. The van der Waals surface area contributed by atoms with Gasteiger partial charge in [-0.15, -0.1) is 0 Å². The minimum absolute atomic E-state index is 0.00759. The number of carbonyl (C=O) groups excluding carboxylic acids is 1. The second-order valence-corrected chi connectivity index (χ2v) is 10.4. The highest BCUT2D eigenvalue weighted by molar-refractivity contribution is 6.34. The monoisotopic (exact) mass is 620 g/mol. The van der Waals surface area contributed by atoms with E-state index in [9.17, 15) is 22.8 Å². The number of aliphatic carboxylic acids is 1. The average Bonchev–Trinajstić information content (AvgIpc) is 2.92. The van der Waals surface area contributed by atoms with Crippen LogP contribution in [0.2, 0.25) is 15.1 Å². The Morgan fingerprint density at radius 3 is 2.15 bits per heavy atom. The number of pyridine rings is 1. The van der Waals surface area contributed by atoms with Crippen molar-refractivity contribution in [1.29, 1.82) is 0 Å². The Morgan fingerprint density at radius 2 is 1.54 bits per heavy atom. The number of Topliss-reactive ketones (excluding diaryl/α,β-unsaturated/α-hetero) is 1. The van der Waals surface area contributed by atoms with Crippen molar-refractivity contribution in [2.75, 3.05) is 5.32 Å². The summed E-state index contributed by atoms with van der Waals surface area (Å²) >= 11 is 18.5. The molecule has 3 aromatic carbocycles. The maximum atomic E-state index is 13.7. The Labute approximate surface area is 248 Å². The van der Waals surface area contributed by atoms with E-state index in [2.05, 4.69) is 10.3 Å². The topological polar surface area (TPSA) is 79.3 Å². The third kappa shape index (κ3) is 7.79. The molecule has 0 saturated heterocycles. The number of carboxylic acid groups (broad SMARTS) is 1. The van der Waals surface area contributed by atoms with Crippen molar-refractivity contribution in [3.05, 3.63) is 105 Å². The van der Waals surface area contributed by atoms with Gasteiger partial charge in [0.1, 0.15) is 5.69 Å². The van der Waals surface area contributed by atoms with E-state index in [1.807, 2.05) is 18.2 Å². The number of halogens is 6. The summed E-state index contributed by atoms with van der Waals surface area (Å²) in [7, 11) is 0. The third-order valence-electron chi connectivity index (χ3n) is 6.26. The number of carbonyl (C=O) groups is 2. The molecule has 0 fully saturated rings. The maximum Gasteiger partial charge on any atom is 0.417 e. The van der Waals surface area contributed by atoms with Crippen molar-refractivity contribution in [3.63, 3.8) is 0 Å². The summed E-state index contributed by atoms with van der Waals surface area (Å²) in [5, 5.41) is 12.5. The van der Waals surface area contributed by atoms with Crippen molar-refractivity contribution in [1.82, 2.24) is 4.98 Å². The molecule has 4 rings (SSSR count). The lowest BCUT2D eigenvalue weighted by molar-refractivity contribution is -0.138. The van der Waals surface area contributed by atoms with E-state index in [1.54, 1.807) is 24.3 Å². The number of anilines is 1. The number of hydrogen-bond acceptors (Lipinski definition) is 4. The van der Waals surface area contributed by atoms with Crippen LogP contribution in [0.4, 0.5) is 18.9 Å². The molecule has 0 aliphatic heterocycles. The summed E-state index contributed by atoms with van der Waals surface area (Å²) in [5.41, 5.74) is 2.44. The molecule has 11 heteroatoms. The first-order valence-corrected chi connectivity index (χ1v) is 13.5. The van der Waals surface area contributed by atoms with Gasteiger partial charge in [-0.1, -0.05) is 59.1 Å². The number of nitrogens with zero attached hydrogens (tertiary/aromatic N) is 1. The molecule has 4 aromatic rings. The number of aromatic nitrogens is 1. The predicted octanol–water partition coefficient (Wildman–Crippen LogP) is 9.44. The van der Waals surface area contributed by atoms with Crippen LogP contribution in [0.25, 0.3) is 22.3 Å². The molecule has 0 atom stereocenters. The second-order valence-electron chi connectivity index (χ2n) is 9.14. The largest absolute Gasteiger partial charge is 0.481 e. The Balaban J connectivity index is 1.60. The van der Waals surface area contributed by atoms with E-state index in [-0.39, 0.29) is 42.8 Å². The SMILES string of the molecule is O=C(O)CCCC(=O)c1ccc(-c2cc(C(F)(F)F)c(Cl)cc2CNc2ccc(-c3ccc(Cl)cc3)c(Cl)c2)cn1. The molecule has 0 spiro atoms. The van der Waals surface area contributed by atoms with E-state index in [0.29, 0.717) is 26.9 Å². The lowest BCUT2D eigenvalue weighted by Crippen LogP contribution is -2.09. The van der Waals surface area contributed by atoms with Gasteiger partial charge in [-0.3, -0.25) is 14.6 Å². The van der Waals surface area contributed by atoms with Gasteiger partial charge in [0.05, 0.1) is 15.6 Å². The molecular weight excluding hydrogens is 600 g/mol. The lowest BCUT2D eigenvalue weighted by Gasteiger charge is -2.17. The van der Waals surface area contributed by atoms with Crippen molar-refractivity contribution in [3.8, 4) is 22.3 Å². The third-order valence-corrected chi connectivity index (χ3v) is 7.14. The normalized spacial score (nSPS) is 11.4. The van der Waals surface area contributed by atoms with E-state index >= 15 is 0 Å². The molecule has 0 aliphatic rings. The van der Waals surface area contributed by atoms with Crippen molar-refractivity contribution < 1.29 is 27.9 Å². The zero-order chi connectivity index (χ0) is 29.7. The standard InChI is InChI=1S/C30H22Cl3F3N2O3/c31-20-7-4-17(5-8-20)22-10-9-21(13-25(22)32)37-16-19-12-26(33)24(30(34,35)36)14-23(19)18-6-11-27(38-15-18)28(39)2-1-3-29(40)41/h4-15,37H,1-3,16H2,(H,40,41). The first-order chi connectivity index (χ1) is 19.4. The van der Waals surface area contributed by atoms with E-state index in [4.69, 9.17) is 39.9 Å². The van der Waals surface area contributed by atoms with Gasteiger partial charge in [0.2, 0.25) is 0 Å². The number of nitrogens with one attached hydrogen (secondary N) is 1. The fraction of sp³-hybridized carbons (Fsp3) is 0.167. The fourth-order valence-corrected chi connectivity index (χ4v) is 4.89. The summed E-state index contributed by atoms with van der Waals surface area (Å²) in [6.45, 7) is 0.111. The summed E-state index contributed by atoms with van der Waals surface area (Å²) in [5.74, 6) is -1.36. The second kappa shape index (κ2) is 12.9. The van der Waals surface area contributed by atoms with E-state index < -0.39 is 22.7 Å². The van der Waals surface area contributed by atoms with Crippen LogP contribution in [0.1, 0.15) is 40.9 Å². The molecule has 0 unspecified atom stereocenters. The molecule has 0 aliphatic carbocycles. The average molecular weight is 622 g/mol. The molecular formula is C30H22Cl3F3N2O3. The summed E-state index contributed by atoms with van der Waals surface area (Å²) in [4.78, 5) is 27.1. The zero-order valence-electron chi connectivity index (χ0n) is 21.2. The molecule has 2 N–H and O–H groups in total. The number of benzene rings is 3. The van der Waals surface area contributed by atoms with Gasteiger partial charge < -0.3 is 10.4 Å². The van der Waals surface area contributed by atoms with Gasteiger partial charge in [-0.25, -0.2) is 0 Å². The number of carboxylic acids is 1. The quantitative estimate of drug-likeness (QED) is 0.173. The van der Waals surface area contributed by atoms with Gasteiger partial charge in [0.25, 0.3) is 0 Å². The number of rotatable bonds is 10. The first-order valence-electron chi connectivity index (χ1n) is 12.3. The molecule has 1 aromatic heterocycles. The summed E-state index contributed by atoms with van der Waals surface area (Å²) in [6, 6.07) is 17.7. The van der Waals surface area contributed by atoms with E-state index in [1.165, 1.54) is 24.4 Å². The molecule has 1 heterocycles. The minimum Gasteiger partial charge on any atom is -0.481 e. The van der Waals surface area contributed by atoms with Crippen molar-refractivity contribution >= 4 is 52.2 Å². The Bertz CT molecular complexity index is 1580. The molecule has 0 bridgehead atoms. The number of ketones is 1. The predicted molar refractivity (Wildman–Crippen MR) is 155 cm³/mol. The fourth-order valence-electron chi connectivity index (χ4n) is 4.18. The molecule has 0 radical (unpaired) electrons. The highest BCUT2D eigenvalue weighted by Crippen LogP contribution is 2.39. The van der Waals surface area contributed by atoms with Gasteiger partial charge in [0.15, 0.2) is 5.78 Å². The number of hydrogen-bond donors (Lipinski definition) is 2. The van der Waals surface area contributed by atoms with Crippen molar-refractivity contribution in [2.24, 2.45) is 0 Å². The van der Waals surface area contributed by atoms with Crippen LogP contribution in [0.5, 0.6) is 0 Å². The van der Waals surface area contributed by atoms with Crippen LogP contribution in [0.3, 0.4) is 0 Å². The molecule has 0 amide bonds. The van der Waals surface area contributed by atoms with Crippen molar-refractivity contribution in [2.45, 2.75) is 32.0 Å². The highest BCUT2D eigenvalue weighted by Gasteiger charge is 2.34. The Kier molecular flexibility index (Phi) is 9.58. The van der Waals surface area contributed by atoms with Crippen LogP contribution >= 0.6 is 34.8 Å². The minimum atomic E-state index is -4.68. The van der Waals surface area contributed by atoms with E-state index in [0.717, 1.165) is 17.2 Å². The Morgan fingerprint density at radius 1 is 0.829 bits per heavy atom. The summed E-state index contributed by atoms with van der Waals surface area (Å²) < 4.78 is 41.1. The molecule has 212 valence electrons.